The molecule has 146 valence electrons. The summed E-state index contributed by atoms with van der Waals surface area (Å²) in [6.45, 7) is 6.79. The van der Waals surface area contributed by atoms with Crippen LogP contribution in [0.1, 0.15) is 29.2 Å². The number of fused-ring (bicyclic) bond motifs is 1. The molecule has 0 atom stereocenters. The van der Waals surface area contributed by atoms with Crippen LogP contribution < -0.4 is 10.9 Å². The summed E-state index contributed by atoms with van der Waals surface area (Å²) in [5.74, 6) is -0.0808. The van der Waals surface area contributed by atoms with Gasteiger partial charge in [-0.15, -0.1) is 0 Å². The number of amides is 1. The van der Waals surface area contributed by atoms with Crippen molar-refractivity contribution in [2.24, 2.45) is 0 Å². The molecule has 0 aliphatic heterocycles. The molecule has 1 amide bonds. The number of carbonyl (C=O) groups excluding carboxylic acids is 1. The van der Waals surface area contributed by atoms with E-state index in [-0.39, 0.29) is 18.1 Å². The fourth-order valence-electron chi connectivity index (χ4n) is 3.35. The van der Waals surface area contributed by atoms with Crippen molar-refractivity contribution in [2.75, 3.05) is 18.9 Å². The Labute approximate surface area is 165 Å². The number of benzene rings is 2. The van der Waals surface area contributed by atoms with E-state index >= 15 is 0 Å². The van der Waals surface area contributed by atoms with Gasteiger partial charge in [0.2, 0.25) is 5.91 Å². The number of carbonyl (C=O) groups is 1. The minimum absolute atomic E-state index is 0.0808. The van der Waals surface area contributed by atoms with Crippen molar-refractivity contribution >= 4 is 22.6 Å². The average Bonchev–Trinajstić information content (AvgIpc) is 2.63. The smallest absolute Gasteiger partial charge is 0.336 e. The second-order valence-corrected chi connectivity index (χ2v) is 7.25. The van der Waals surface area contributed by atoms with E-state index in [1.165, 1.54) is 6.07 Å². The Hall–Kier alpha value is -2.92. The molecule has 0 fully saturated rings. The van der Waals surface area contributed by atoms with Gasteiger partial charge in [-0.1, -0.05) is 25.1 Å². The zero-order valence-electron chi connectivity index (χ0n) is 16.8. The molecule has 2 aromatic carbocycles. The number of likely N-dealkylation sites (N-methyl/N-ethyl adjacent to an activating group) is 1. The van der Waals surface area contributed by atoms with E-state index in [0.717, 1.165) is 39.7 Å². The molecular weight excluding hydrogens is 352 g/mol. The van der Waals surface area contributed by atoms with Gasteiger partial charge < -0.3 is 9.73 Å². The highest BCUT2D eigenvalue weighted by atomic mass is 16.4. The van der Waals surface area contributed by atoms with Gasteiger partial charge in [0, 0.05) is 23.7 Å². The van der Waals surface area contributed by atoms with Crippen LogP contribution in [0.25, 0.3) is 11.0 Å². The lowest BCUT2D eigenvalue weighted by Gasteiger charge is -2.18. The van der Waals surface area contributed by atoms with Gasteiger partial charge >= 0.3 is 5.63 Å². The van der Waals surface area contributed by atoms with E-state index in [1.807, 2.05) is 62.2 Å². The molecule has 3 aromatic rings. The Morgan fingerprint density at radius 2 is 1.79 bits per heavy atom. The van der Waals surface area contributed by atoms with Crippen molar-refractivity contribution in [3.05, 3.63) is 75.1 Å². The summed E-state index contributed by atoms with van der Waals surface area (Å²) in [5.41, 5.74) is 5.24. The van der Waals surface area contributed by atoms with E-state index in [4.69, 9.17) is 4.42 Å². The molecule has 0 bridgehead atoms. The molecule has 5 heteroatoms. The van der Waals surface area contributed by atoms with Crippen molar-refractivity contribution in [3.63, 3.8) is 0 Å². The first-order valence-corrected chi connectivity index (χ1v) is 9.47. The minimum Gasteiger partial charge on any atom is -0.423 e. The number of rotatable bonds is 6. The predicted octanol–water partition coefficient (Wildman–Crippen LogP) is 4.04. The van der Waals surface area contributed by atoms with Crippen LogP contribution in [0.2, 0.25) is 0 Å². The predicted molar refractivity (Wildman–Crippen MR) is 113 cm³/mol. The van der Waals surface area contributed by atoms with Crippen molar-refractivity contribution < 1.29 is 9.21 Å². The fourth-order valence-corrected chi connectivity index (χ4v) is 3.35. The van der Waals surface area contributed by atoms with Crippen LogP contribution in [0.4, 0.5) is 5.69 Å². The molecule has 5 nitrogen and oxygen atoms in total. The van der Waals surface area contributed by atoms with Crippen LogP contribution in [-0.4, -0.2) is 24.4 Å². The monoisotopic (exact) mass is 378 g/mol. The van der Waals surface area contributed by atoms with Gasteiger partial charge in [0.05, 0.1) is 6.54 Å². The summed E-state index contributed by atoms with van der Waals surface area (Å²) >= 11 is 0. The summed E-state index contributed by atoms with van der Waals surface area (Å²) in [6, 6.07) is 13.3. The quantitative estimate of drug-likeness (QED) is 0.658. The number of hydrogen-bond acceptors (Lipinski definition) is 4. The van der Waals surface area contributed by atoms with Crippen molar-refractivity contribution in [2.45, 2.75) is 33.7 Å². The topological polar surface area (TPSA) is 62.6 Å². The van der Waals surface area contributed by atoms with E-state index in [2.05, 4.69) is 12.2 Å². The van der Waals surface area contributed by atoms with Gasteiger partial charge in [0.15, 0.2) is 0 Å². The van der Waals surface area contributed by atoms with Crippen molar-refractivity contribution in [3.8, 4) is 0 Å². The molecule has 3 rings (SSSR count). The zero-order valence-corrected chi connectivity index (χ0v) is 16.8. The maximum absolute atomic E-state index is 12.5. The lowest BCUT2D eigenvalue weighted by atomic mass is 10.0. The normalized spacial score (nSPS) is 11.2. The highest BCUT2D eigenvalue weighted by Gasteiger charge is 2.13. The first-order valence-electron chi connectivity index (χ1n) is 9.47. The van der Waals surface area contributed by atoms with E-state index in [9.17, 15) is 9.59 Å². The van der Waals surface area contributed by atoms with Crippen LogP contribution in [0.15, 0.2) is 51.7 Å². The Kier molecular flexibility index (Phi) is 5.95. The average molecular weight is 378 g/mol. The summed E-state index contributed by atoms with van der Waals surface area (Å²) in [5, 5.41) is 3.89. The van der Waals surface area contributed by atoms with Crippen LogP contribution >= 0.6 is 0 Å². The van der Waals surface area contributed by atoms with Gasteiger partial charge in [-0.3, -0.25) is 9.69 Å². The molecule has 0 aliphatic carbocycles. The van der Waals surface area contributed by atoms with Gasteiger partial charge in [-0.25, -0.2) is 4.79 Å². The van der Waals surface area contributed by atoms with Crippen LogP contribution in [0, 0.1) is 13.8 Å². The first-order chi connectivity index (χ1) is 13.4. The third-order valence-corrected chi connectivity index (χ3v) is 4.97. The second-order valence-electron chi connectivity index (χ2n) is 7.25. The number of nitrogens with one attached hydrogen (secondary N) is 1. The zero-order chi connectivity index (χ0) is 20.3. The lowest BCUT2D eigenvalue weighted by Crippen LogP contribution is -2.30. The largest absolute Gasteiger partial charge is 0.423 e. The Balaban J connectivity index is 1.76. The van der Waals surface area contributed by atoms with Gasteiger partial charge in [0.25, 0.3) is 0 Å². The molecule has 0 radical (unpaired) electrons. The number of anilines is 1. The molecule has 0 spiro atoms. The Morgan fingerprint density at radius 1 is 1.07 bits per heavy atom. The third-order valence-electron chi connectivity index (χ3n) is 4.97. The standard InChI is InChI=1S/C23H26N2O3/c1-5-17-8-6-7-9-20(17)24-22(26)14-25(4)13-18-12-23(27)28-21-11-16(3)15(2)10-19(18)21/h6-12H,5,13-14H2,1-4H3,(H,24,26). The SMILES string of the molecule is CCc1ccccc1NC(=O)CN(C)Cc1cc(=O)oc2cc(C)c(C)cc12. The molecule has 0 saturated heterocycles. The maximum atomic E-state index is 12.5. The molecule has 0 saturated carbocycles. The molecular formula is C23H26N2O3. The van der Waals surface area contributed by atoms with E-state index < -0.39 is 0 Å². The molecule has 1 N–H and O–H groups in total. The number of hydrogen-bond donors (Lipinski definition) is 1. The molecule has 1 heterocycles. The molecule has 0 aliphatic rings. The molecule has 28 heavy (non-hydrogen) atoms. The Morgan fingerprint density at radius 3 is 2.54 bits per heavy atom. The van der Waals surface area contributed by atoms with Crippen LogP contribution in [0.5, 0.6) is 0 Å². The number of nitrogens with zero attached hydrogens (tertiary/aromatic N) is 1. The van der Waals surface area contributed by atoms with Crippen molar-refractivity contribution in [1.29, 1.82) is 0 Å². The van der Waals surface area contributed by atoms with Crippen LogP contribution in [0.3, 0.4) is 0 Å². The molecule has 1 aromatic heterocycles. The van der Waals surface area contributed by atoms with E-state index in [1.54, 1.807) is 0 Å². The molecule has 0 unspecified atom stereocenters. The van der Waals surface area contributed by atoms with Crippen molar-refractivity contribution in [1.82, 2.24) is 4.90 Å². The summed E-state index contributed by atoms with van der Waals surface area (Å²) in [7, 11) is 1.87. The number of aryl methyl sites for hydroxylation is 3. The first kappa shape index (κ1) is 19.8. The third kappa shape index (κ3) is 4.49. The van der Waals surface area contributed by atoms with Crippen LogP contribution in [-0.2, 0) is 17.8 Å². The minimum atomic E-state index is -0.375. The fraction of sp³-hybridized carbons (Fsp3) is 0.304. The van der Waals surface area contributed by atoms with Gasteiger partial charge in [0.1, 0.15) is 5.58 Å². The number of para-hydroxylation sites is 1. The Bertz CT molecular complexity index is 1070. The lowest BCUT2D eigenvalue weighted by molar-refractivity contribution is -0.117. The van der Waals surface area contributed by atoms with E-state index in [0.29, 0.717) is 12.1 Å². The second kappa shape index (κ2) is 8.40. The highest BCUT2D eigenvalue weighted by Crippen LogP contribution is 2.22. The van der Waals surface area contributed by atoms with Gasteiger partial charge in [-0.2, -0.15) is 0 Å². The summed E-state index contributed by atoms with van der Waals surface area (Å²) < 4.78 is 5.35. The summed E-state index contributed by atoms with van der Waals surface area (Å²) in [6.07, 6.45) is 0.858. The van der Waals surface area contributed by atoms with Gasteiger partial charge in [-0.05, 0) is 67.8 Å². The maximum Gasteiger partial charge on any atom is 0.336 e. The highest BCUT2D eigenvalue weighted by molar-refractivity contribution is 5.93. The summed E-state index contributed by atoms with van der Waals surface area (Å²) in [4.78, 5) is 26.3.